The Hall–Kier alpha value is -2.15. The topological polar surface area (TPSA) is 96.7 Å². The lowest BCUT2D eigenvalue weighted by atomic mass is 10.1. The van der Waals surface area contributed by atoms with E-state index in [1.54, 1.807) is 6.07 Å². The van der Waals surface area contributed by atoms with Gasteiger partial charge in [0, 0.05) is 12.5 Å². The van der Waals surface area contributed by atoms with Crippen LogP contribution >= 0.6 is 11.6 Å². The van der Waals surface area contributed by atoms with Crippen molar-refractivity contribution in [3.8, 4) is 0 Å². The van der Waals surface area contributed by atoms with E-state index in [9.17, 15) is 9.18 Å². The molecule has 3 rings (SSSR count). The normalized spacial score (nSPS) is 21.9. The third-order valence-corrected chi connectivity index (χ3v) is 4.66. The van der Waals surface area contributed by atoms with Gasteiger partial charge in [0.05, 0.1) is 10.9 Å². The maximum atomic E-state index is 13.1. The van der Waals surface area contributed by atoms with Gasteiger partial charge < -0.3 is 11.1 Å². The number of anilines is 1. The summed E-state index contributed by atoms with van der Waals surface area (Å²) in [6.45, 7) is 4.28. The van der Waals surface area contributed by atoms with Crippen LogP contribution in [-0.4, -0.2) is 21.1 Å². The molecule has 0 radical (unpaired) electrons. The molecule has 6 nitrogen and oxygen atoms in total. The van der Waals surface area contributed by atoms with Crippen molar-refractivity contribution in [3.05, 3.63) is 40.4 Å². The molecule has 1 aromatic heterocycles. The second-order valence-electron chi connectivity index (χ2n) is 6.32. The number of nitrogen functional groups attached to an aromatic ring is 1. The van der Waals surface area contributed by atoms with E-state index in [1.807, 2.05) is 13.8 Å². The summed E-state index contributed by atoms with van der Waals surface area (Å²) in [7, 11) is 0. The summed E-state index contributed by atoms with van der Waals surface area (Å²) in [5.74, 6) is -0.0429. The van der Waals surface area contributed by atoms with E-state index in [4.69, 9.17) is 17.3 Å². The maximum absolute atomic E-state index is 13.1. The average molecular weight is 338 g/mol. The summed E-state index contributed by atoms with van der Waals surface area (Å²) in [6.07, 6.45) is 0. The smallest absolute Gasteiger partial charge is 0.239 e. The monoisotopic (exact) mass is 337 g/mol. The molecule has 1 aliphatic carbocycles. The van der Waals surface area contributed by atoms with Crippen LogP contribution in [-0.2, 0) is 11.3 Å². The standard InChI is InChI=1S/C15H17ClFN5O/c1-15(2)10(12-20-14(18)22-21-12)11(15)13(23)19-6-7-3-4-9(17)8(16)5-7/h3-5,10-11H,6H2,1-2H3,(H,19,23)(H3,18,20,21,22)/t10-,11+/m1/s1. The number of nitrogens with one attached hydrogen (secondary N) is 2. The molecular formula is C15H17ClFN5O. The predicted octanol–water partition coefficient (Wildman–Crippen LogP) is 2.24. The highest BCUT2D eigenvalue weighted by molar-refractivity contribution is 6.30. The Balaban J connectivity index is 1.65. The number of nitrogens with two attached hydrogens (primary N) is 1. The van der Waals surface area contributed by atoms with Crippen LogP contribution < -0.4 is 11.1 Å². The van der Waals surface area contributed by atoms with Crippen LogP contribution in [0.4, 0.5) is 10.3 Å². The maximum Gasteiger partial charge on any atom is 0.239 e. The first-order valence-electron chi connectivity index (χ1n) is 7.20. The first-order valence-corrected chi connectivity index (χ1v) is 7.58. The Kier molecular flexibility index (Phi) is 3.75. The van der Waals surface area contributed by atoms with Gasteiger partial charge in [-0.05, 0) is 23.1 Å². The van der Waals surface area contributed by atoms with Gasteiger partial charge in [0.25, 0.3) is 0 Å². The van der Waals surface area contributed by atoms with E-state index >= 15 is 0 Å². The van der Waals surface area contributed by atoms with Crippen LogP contribution in [0.25, 0.3) is 0 Å². The van der Waals surface area contributed by atoms with Crippen molar-refractivity contribution in [2.45, 2.75) is 26.3 Å². The van der Waals surface area contributed by atoms with Crippen LogP contribution in [0.2, 0.25) is 5.02 Å². The molecule has 122 valence electrons. The summed E-state index contributed by atoms with van der Waals surface area (Å²) in [4.78, 5) is 16.5. The minimum atomic E-state index is -0.479. The van der Waals surface area contributed by atoms with E-state index < -0.39 is 5.82 Å². The van der Waals surface area contributed by atoms with Crippen LogP contribution in [0.1, 0.15) is 31.2 Å². The quantitative estimate of drug-likeness (QED) is 0.797. The summed E-state index contributed by atoms with van der Waals surface area (Å²) >= 11 is 5.74. The second-order valence-corrected chi connectivity index (χ2v) is 6.73. The lowest BCUT2D eigenvalue weighted by molar-refractivity contribution is -0.123. The number of carbonyl (C=O) groups is 1. The molecule has 2 atom stereocenters. The van der Waals surface area contributed by atoms with E-state index in [-0.39, 0.29) is 40.7 Å². The van der Waals surface area contributed by atoms with Gasteiger partial charge in [0.1, 0.15) is 11.6 Å². The van der Waals surface area contributed by atoms with Crippen molar-refractivity contribution in [3.63, 3.8) is 0 Å². The summed E-state index contributed by atoms with van der Waals surface area (Å²) in [5, 5.41) is 9.48. The summed E-state index contributed by atoms with van der Waals surface area (Å²) in [5.41, 5.74) is 6.03. The second kappa shape index (κ2) is 5.49. The number of aromatic nitrogens is 3. The van der Waals surface area contributed by atoms with Crippen LogP contribution in [0.3, 0.4) is 0 Å². The molecule has 0 bridgehead atoms. The number of carbonyl (C=O) groups excluding carboxylic acids is 1. The number of hydrogen-bond acceptors (Lipinski definition) is 4. The number of rotatable bonds is 4. The van der Waals surface area contributed by atoms with Crippen LogP contribution in [0.15, 0.2) is 18.2 Å². The number of H-pyrrole nitrogens is 1. The SMILES string of the molecule is CC1(C)[C@H](C(=O)NCc2ccc(F)c(Cl)c2)[C@@H]1c1nc(N)n[nH]1. The first kappa shape index (κ1) is 15.7. The molecule has 0 saturated heterocycles. The highest BCUT2D eigenvalue weighted by Crippen LogP contribution is 2.63. The Morgan fingerprint density at radius 3 is 2.87 bits per heavy atom. The Morgan fingerprint density at radius 1 is 1.52 bits per heavy atom. The Bertz CT molecular complexity index is 760. The lowest BCUT2D eigenvalue weighted by Crippen LogP contribution is -2.26. The first-order chi connectivity index (χ1) is 10.8. The van der Waals surface area contributed by atoms with E-state index in [0.717, 1.165) is 5.56 Å². The third-order valence-electron chi connectivity index (χ3n) is 4.38. The molecule has 0 spiro atoms. The van der Waals surface area contributed by atoms with Crippen LogP contribution in [0, 0.1) is 17.2 Å². The molecule has 1 saturated carbocycles. The van der Waals surface area contributed by atoms with Gasteiger partial charge in [-0.25, -0.2) is 4.39 Å². The van der Waals surface area contributed by atoms with E-state index in [1.165, 1.54) is 12.1 Å². The molecule has 1 aromatic carbocycles. The van der Waals surface area contributed by atoms with Crippen molar-refractivity contribution >= 4 is 23.5 Å². The Labute approximate surface area is 137 Å². The van der Waals surface area contributed by atoms with Crippen molar-refractivity contribution in [2.24, 2.45) is 11.3 Å². The van der Waals surface area contributed by atoms with Gasteiger partial charge in [-0.1, -0.05) is 31.5 Å². The molecule has 1 amide bonds. The minimum Gasteiger partial charge on any atom is -0.367 e. The van der Waals surface area contributed by atoms with Crippen molar-refractivity contribution in [1.29, 1.82) is 0 Å². The fourth-order valence-corrected chi connectivity index (χ4v) is 3.22. The molecule has 1 heterocycles. The molecular weight excluding hydrogens is 321 g/mol. The van der Waals surface area contributed by atoms with Gasteiger partial charge in [-0.3, -0.25) is 9.89 Å². The van der Waals surface area contributed by atoms with Gasteiger partial charge >= 0.3 is 0 Å². The van der Waals surface area contributed by atoms with Crippen LogP contribution in [0.5, 0.6) is 0 Å². The number of hydrogen-bond donors (Lipinski definition) is 3. The third kappa shape index (κ3) is 2.88. The van der Waals surface area contributed by atoms with Gasteiger partial charge in [0.2, 0.25) is 11.9 Å². The molecule has 0 unspecified atom stereocenters. The molecule has 0 aliphatic heterocycles. The number of aromatic amines is 1. The number of amides is 1. The minimum absolute atomic E-state index is 0.0403. The molecule has 4 N–H and O–H groups in total. The molecule has 1 aliphatic rings. The highest BCUT2D eigenvalue weighted by Gasteiger charge is 2.63. The van der Waals surface area contributed by atoms with Crippen molar-refractivity contribution in [2.75, 3.05) is 5.73 Å². The lowest BCUT2D eigenvalue weighted by Gasteiger charge is -2.07. The zero-order chi connectivity index (χ0) is 16.8. The fraction of sp³-hybridized carbons (Fsp3) is 0.400. The molecule has 23 heavy (non-hydrogen) atoms. The highest BCUT2D eigenvalue weighted by atomic mass is 35.5. The zero-order valence-electron chi connectivity index (χ0n) is 12.7. The fourth-order valence-electron chi connectivity index (χ4n) is 3.01. The number of benzene rings is 1. The van der Waals surface area contributed by atoms with Gasteiger partial charge in [-0.15, -0.1) is 5.10 Å². The molecule has 2 aromatic rings. The largest absolute Gasteiger partial charge is 0.367 e. The van der Waals surface area contributed by atoms with Crippen molar-refractivity contribution < 1.29 is 9.18 Å². The van der Waals surface area contributed by atoms with Gasteiger partial charge in [-0.2, -0.15) is 4.98 Å². The number of halogens is 2. The van der Waals surface area contributed by atoms with E-state index in [2.05, 4.69) is 20.5 Å². The number of nitrogens with zero attached hydrogens (tertiary/aromatic N) is 2. The average Bonchev–Trinajstić information content (AvgIpc) is 2.83. The predicted molar refractivity (Wildman–Crippen MR) is 84.1 cm³/mol. The molecule has 8 heteroatoms. The summed E-state index contributed by atoms with van der Waals surface area (Å²) in [6, 6.07) is 4.38. The molecule has 1 fully saturated rings. The van der Waals surface area contributed by atoms with Crippen molar-refractivity contribution in [1.82, 2.24) is 20.5 Å². The van der Waals surface area contributed by atoms with Gasteiger partial charge in [0.15, 0.2) is 0 Å². The zero-order valence-corrected chi connectivity index (χ0v) is 13.5. The Morgan fingerprint density at radius 2 is 2.26 bits per heavy atom. The summed E-state index contributed by atoms with van der Waals surface area (Å²) < 4.78 is 13.1. The van der Waals surface area contributed by atoms with E-state index in [0.29, 0.717) is 5.82 Å².